The summed E-state index contributed by atoms with van der Waals surface area (Å²) in [5.74, 6) is 0. The molecule has 0 N–H and O–H groups in total. The topological polar surface area (TPSA) is 27.0 Å². The lowest BCUT2D eigenvalue weighted by molar-refractivity contribution is 1.19. The van der Waals surface area contributed by atoms with Crippen LogP contribution in [0.3, 0.4) is 0 Å². The van der Waals surface area contributed by atoms with Gasteiger partial charge in [0.15, 0.2) is 0 Å². The summed E-state index contributed by atoms with van der Waals surface area (Å²) in [6.07, 6.45) is 0. The predicted octanol–water partition coefficient (Wildman–Crippen LogP) is 7.80. The Labute approximate surface area is 179 Å². The van der Waals surface area contributed by atoms with E-state index in [-0.39, 0.29) is 0 Å². The van der Waals surface area contributed by atoms with E-state index in [0.717, 1.165) is 17.1 Å². The SMILES string of the molecule is N#Cc1ccccc1N1c2ccc3ccccc3c2Sc2ccc3ccccc3c21. The molecule has 140 valence electrons. The zero-order chi connectivity index (χ0) is 20.1. The van der Waals surface area contributed by atoms with E-state index < -0.39 is 0 Å². The highest BCUT2D eigenvalue weighted by molar-refractivity contribution is 8.00. The van der Waals surface area contributed by atoms with Crippen molar-refractivity contribution in [2.45, 2.75) is 9.79 Å². The molecular weight excluding hydrogens is 384 g/mol. The Kier molecular flexibility index (Phi) is 3.80. The van der Waals surface area contributed by atoms with Gasteiger partial charge in [0.2, 0.25) is 0 Å². The monoisotopic (exact) mass is 400 g/mol. The van der Waals surface area contributed by atoms with Crippen molar-refractivity contribution in [1.29, 1.82) is 5.26 Å². The average molecular weight is 401 g/mol. The molecule has 30 heavy (non-hydrogen) atoms. The van der Waals surface area contributed by atoms with E-state index >= 15 is 0 Å². The van der Waals surface area contributed by atoms with Crippen LogP contribution in [0.15, 0.2) is 107 Å². The molecule has 5 aromatic carbocycles. The van der Waals surface area contributed by atoms with E-state index in [1.807, 2.05) is 36.0 Å². The van der Waals surface area contributed by atoms with E-state index in [0.29, 0.717) is 5.56 Å². The summed E-state index contributed by atoms with van der Waals surface area (Å²) in [7, 11) is 0. The predicted molar refractivity (Wildman–Crippen MR) is 125 cm³/mol. The molecule has 2 nitrogen and oxygen atoms in total. The molecule has 0 aromatic heterocycles. The second kappa shape index (κ2) is 6.66. The summed E-state index contributed by atoms with van der Waals surface area (Å²) < 4.78 is 0. The number of para-hydroxylation sites is 1. The van der Waals surface area contributed by atoms with Gasteiger partial charge in [0.1, 0.15) is 6.07 Å². The quantitative estimate of drug-likeness (QED) is 0.282. The van der Waals surface area contributed by atoms with Crippen molar-refractivity contribution >= 4 is 50.4 Å². The largest absolute Gasteiger partial charge is 0.306 e. The third-order valence-electron chi connectivity index (χ3n) is 5.66. The van der Waals surface area contributed by atoms with Crippen LogP contribution in [0.2, 0.25) is 0 Å². The molecule has 1 aliphatic rings. The molecule has 0 spiro atoms. The van der Waals surface area contributed by atoms with E-state index in [4.69, 9.17) is 0 Å². The van der Waals surface area contributed by atoms with Crippen LogP contribution in [-0.2, 0) is 0 Å². The molecule has 0 atom stereocenters. The molecule has 0 saturated carbocycles. The number of hydrogen-bond acceptors (Lipinski definition) is 3. The molecule has 5 aromatic rings. The van der Waals surface area contributed by atoms with Gasteiger partial charge in [0, 0.05) is 15.2 Å². The third-order valence-corrected chi connectivity index (χ3v) is 6.85. The molecule has 0 aliphatic carbocycles. The normalized spacial score (nSPS) is 12.4. The van der Waals surface area contributed by atoms with Gasteiger partial charge in [-0.05, 0) is 40.4 Å². The number of rotatable bonds is 1. The molecule has 0 amide bonds. The first-order valence-electron chi connectivity index (χ1n) is 9.86. The van der Waals surface area contributed by atoms with Crippen LogP contribution >= 0.6 is 11.8 Å². The maximum Gasteiger partial charge on any atom is 0.101 e. The average Bonchev–Trinajstić information content (AvgIpc) is 2.82. The summed E-state index contributed by atoms with van der Waals surface area (Å²) in [5, 5.41) is 14.7. The smallest absolute Gasteiger partial charge is 0.101 e. The van der Waals surface area contributed by atoms with E-state index in [2.05, 4.69) is 83.8 Å². The highest BCUT2D eigenvalue weighted by Gasteiger charge is 2.29. The van der Waals surface area contributed by atoms with E-state index in [1.54, 1.807) is 0 Å². The van der Waals surface area contributed by atoms with Gasteiger partial charge in [-0.15, -0.1) is 0 Å². The fourth-order valence-corrected chi connectivity index (χ4v) is 5.52. The fraction of sp³-hybridized carbons (Fsp3) is 0. The molecule has 1 heterocycles. The number of fused-ring (bicyclic) bond motifs is 6. The lowest BCUT2D eigenvalue weighted by Crippen LogP contribution is -2.16. The Balaban J connectivity index is 1.75. The Morgan fingerprint density at radius 1 is 0.633 bits per heavy atom. The Bertz CT molecular complexity index is 1500. The highest BCUT2D eigenvalue weighted by Crippen LogP contribution is 2.55. The van der Waals surface area contributed by atoms with Gasteiger partial charge in [0.25, 0.3) is 0 Å². The second-order valence-corrected chi connectivity index (χ2v) is 8.39. The molecule has 0 fully saturated rings. The van der Waals surface area contributed by atoms with Crippen LogP contribution < -0.4 is 4.90 Å². The molecule has 0 saturated heterocycles. The van der Waals surface area contributed by atoms with E-state index in [1.165, 1.54) is 31.3 Å². The van der Waals surface area contributed by atoms with Crippen LogP contribution in [0.4, 0.5) is 17.1 Å². The minimum atomic E-state index is 0.669. The fourth-order valence-electron chi connectivity index (χ4n) is 4.31. The van der Waals surface area contributed by atoms with Crippen molar-refractivity contribution in [2.75, 3.05) is 4.90 Å². The van der Waals surface area contributed by atoms with Gasteiger partial charge < -0.3 is 4.90 Å². The van der Waals surface area contributed by atoms with Crippen LogP contribution in [0.5, 0.6) is 0 Å². The van der Waals surface area contributed by atoms with Crippen molar-refractivity contribution in [3.63, 3.8) is 0 Å². The van der Waals surface area contributed by atoms with Gasteiger partial charge >= 0.3 is 0 Å². The van der Waals surface area contributed by atoms with Crippen molar-refractivity contribution in [2.24, 2.45) is 0 Å². The molecule has 0 unspecified atom stereocenters. The van der Waals surface area contributed by atoms with Crippen LogP contribution in [0.25, 0.3) is 21.5 Å². The van der Waals surface area contributed by atoms with Crippen LogP contribution in [0, 0.1) is 11.3 Å². The zero-order valence-corrected chi connectivity index (χ0v) is 16.9. The highest BCUT2D eigenvalue weighted by atomic mass is 32.2. The number of hydrogen-bond donors (Lipinski definition) is 0. The number of benzene rings is 5. The van der Waals surface area contributed by atoms with Crippen molar-refractivity contribution in [3.05, 3.63) is 103 Å². The lowest BCUT2D eigenvalue weighted by Gasteiger charge is -2.35. The minimum Gasteiger partial charge on any atom is -0.306 e. The first kappa shape index (κ1) is 17.1. The molecule has 1 aliphatic heterocycles. The van der Waals surface area contributed by atoms with Gasteiger partial charge in [-0.3, -0.25) is 0 Å². The Morgan fingerprint density at radius 2 is 1.30 bits per heavy atom. The molecule has 6 rings (SSSR count). The van der Waals surface area contributed by atoms with Crippen molar-refractivity contribution in [1.82, 2.24) is 0 Å². The zero-order valence-electron chi connectivity index (χ0n) is 16.0. The second-order valence-electron chi connectivity index (χ2n) is 7.33. The van der Waals surface area contributed by atoms with Gasteiger partial charge in [-0.25, -0.2) is 0 Å². The third kappa shape index (κ3) is 2.45. The molecule has 3 heteroatoms. The van der Waals surface area contributed by atoms with Gasteiger partial charge in [-0.2, -0.15) is 5.26 Å². The standard InChI is InChI=1S/C27H16N2S/c28-17-20-9-3-6-12-23(20)29-24-15-13-19-8-2-5-11-22(19)27(24)30-25-16-14-18-7-1-4-10-21(18)26(25)29/h1-16H. The molecular formula is C27H16N2S. The summed E-state index contributed by atoms with van der Waals surface area (Å²) >= 11 is 1.81. The summed E-state index contributed by atoms with van der Waals surface area (Å²) in [5.41, 5.74) is 3.84. The van der Waals surface area contributed by atoms with Crippen molar-refractivity contribution in [3.8, 4) is 6.07 Å². The Hall–Kier alpha value is -3.74. The van der Waals surface area contributed by atoms with E-state index in [9.17, 15) is 5.26 Å². The van der Waals surface area contributed by atoms with Crippen LogP contribution in [-0.4, -0.2) is 0 Å². The Morgan fingerprint density at radius 3 is 2.13 bits per heavy atom. The van der Waals surface area contributed by atoms with Crippen LogP contribution in [0.1, 0.15) is 5.56 Å². The summed E-state index contributed by atoms with van der Waals surface area (Å²) in [4.78, 5) is 4.70. The summed E-state index contributed by atoms with van der Waals surface area (Å²) in [6, 6.07) is 36.0. The molecule has 0 radical (unpaired) electrons. The maximum atomic E-state index is 9.85. The summed E-state index contributed by atoms with van der Waals surface area (Å²) in [6.45, 7) is 0. The minimum absolute atomic E-state index is 0.669. The van der Waals surface area contributed by atoms with Gasteiger partial charge in [-0.1, -0.05) is 84.6 Å². The first-order chi connectivity index (χ1) is 14.8. The lowest BCUT2D eigenvalue weighted by atomic mass is 10.0. The first-order valence-corrected chi connectivity index (χ1v) is 10.7. The number of nitriles is 1. The number of nitrogens with zero attached hydrogens (tertiary/aromatic N) is 2. The van der Waals surface area contributed by atoms with Crippen molar-refractivity contribution < 1.29 is 0 Å². The number of anilines is 3. The molecule has 0 bridgehead atoms. The van der Waals surface area contributed by atoms with Gasteiger partial charge in [0.05, 0.1) is 22.6 Å². The maximum absolute atomic E-state index is 9.85.